The SMILES string of the molecule is CCN(c1c(-c2ccc3c(c2)N(C(C)=O)CC32CCOCC2)ccc(C(=O)O)c1C)C1CCOCC1. The molecule has 2 aromatic carbocycles. The molecule has 192 valence electrons. The monoisotopic (exact) mass is 492 g/mol. The van der Waals surface area contributed by atoms with E-state index in [4.69, 9.17) is 9.47 Å². The van der Waals surface area contributed by atoms with Gasteiger partial charge in [-0.15, -0.1) is 0 Å². The molecule has 7 heteroatoms. The zero-order valence-corrected chi connectivity index (χ0v) is 21.5. The molecule has 3 aliphatic rings. The van der Waals surface area contributed by atoms with Gasteiger partial charge in [0, 0.05) is 74.8 Å². The number of rotatable bonds is 5. The number of benzene rings is 2. The Labute approximate surface area is 213 Å². The third-order valence-electron chi connectivity index (χ3n) is 8.38. The zero-order chi connectivity index (χ0) is 25.4. The molecule has 0 unspecified atom stereocenters. The average Bonchev–Trinajstić information content (AvgIpc) is 3.19. The van der Waals surface area contributed by atoms with Crippen LogP contribution in [0, 0.1) is 6.92 Å². The Morgan fingerprint density at radius 2 is 1.78 bits per heavy atom. The molecule has 3 heterocycles. The lowest BCUT2D eigenvalue weighted by molar-refractivity contribution is -0.116. The summed E-state index contributed by atoms with van der Waals surface area (Å²) in [7, 11) is 0. The highest BCUT2D eigenvalue weighted by Crippen LogP contribution is 2.49. The summed E-state index contributed by atoms with van der Waals surface area (Å²) >= 11 is 0. The maximum Gasteiger partial charge on any atom is 0.336 e. The molecular formula is C29H36N2O5. The van der Waals surface area contributed by atoms with E-state index in [1.807, 2.05) is 17.9 Å². The zero-order valence-electron chi connectivity index (χ0n) is 21.5. The molecule has 3 aliphatic heterocycles. The lowest BCUT2D eigenvalue weighted by Crippen LogP contribution is -2.40. The molecule has 0 atom stereocenters. The lowest BCUT2D eigenvalue weighted by Gasteiger charge is -2.38. The first kappa shape index (κ1) is 24.8. The largest absolute Gasteiger partial charge is 0.478 e. The van der Waals surface area contributed by atoms with Gasteiger partial charge < -0.3 is 24.4 Å². The summed E-state index contributed by atoms with van der Waals surface area (Å²) in [6.07, 6.45) is 3.65. The summed E-state index contributed by atoms with van der Waals surface area (Å²) < 4.78 is 11.3. The van der Waals surface area contributed by atoms with E-state index >= 15 is 0 Å². The fourth-order valence-electron chi connectivity index (χ4n) is 6.45. The number of hydrogen-bond acceptors (Lipinski definition) is 5. The molecule has 0 radical (unpaired) electrons. The van der Waals surface area contributed by atoms with Crippen molar-refractivity contribution >= 4 is 23.3 Å². The standard InChI is InChI=1S/C29H36N2O5/c1-4-30(22-9-13-35-14-10-22)27-19(2)23(28(33)34)6-7-24(27)21-5-8-25-26(17-21)31(20(3)32)18-29(25)11-15-36-16-12-29/h5-8,17,22H,4,9-16,18H2,1-3H3,(H,33,34). The number of ether oxygens (including phenoxy) is 2. The Morgan fingerprint density at radius 1 is 1.08 bits per heavy atom. The number of carboxylic acids is 1. The molecule has 1 N–H and O–H groups in total. The van der Waals surface area contributed by atoms with Crippen LogP contribution >= 0.6 is 0 Å². The van der Waals surface area contributed by atoms with Crippen LogP contribution in [0.5, 0.6) is 0 Å². The molecule has 36 heavy (non-hydrogen) atoms. The molecule has 0 aliphatic carbocycles. The quantitative estimate of drug-likeness (QED) is 0.647. The molecular weight excluding hydrogens is 456 g/mol. The number of carbonyl (C=O) groups is 2. The predicted octanol–water partition coefficient (Wildman–Crippen LogP) is 4.78. The van der Waals surface area contributed by atoms with Gasteiger partial charge in [-0.25, -0.2) is 4.79 Å². The Hall–Kier alpha value is -2.90. The summed E-state index contributed by atoms with van der Waals surface area (Å²) in [5.74, 6) is -0.867. The van der Waals surface area contributed by atoms with E-state index in [0.717, 1.165) is 60.3 Å². The number of nitrogens with zero attached hydrogens (tertiary/aromatic N) is 2. The van der Waals surface area contributed by atoms with Gasteiger partial charge in [-0.1, -0.05) is 18.2 Å². The first-order valence-corrected chi connectivity index (χ1v) is 13.1. The highest BCUT2D eigenvalue weighted by molar-refractivity contribution is 5.98. The molecule has 1 amide bonds. The highest BCUT2D eigenvalue weighted by atomic mass is 16.5. The van der Waals surface area contributed by atoms with Crippen LogP contribution in [0.1, 0.15) is 61.0 Å². The van der Waals surface area contributed by atoms with Gasteiger partial charge in [0.1, 0.15) is 0 Å². The highest BCUT2D eigenvalue weighted by Gasteiger charge is 2.45. The minimum atomic E-state index is -0.915. The number of carboxylic acid groups (broad SMARTS) is 1. The van der Waals surface area contributed by atoms with E-state index in [1.54, 1.807) is 13.0 Å². The second kappa shape index (κ2) is 9.87. The van der Waals surface area contributed by atoms with Gasteiger partial charge >= 0.3 is 5.97 Å². The van der Waals surface area contributed by atoms with E-state index in [1.165, 1.54) is 5.56 Å². The van der Waals surface area contributed by atoms with Crippen molar-refractivity contribution in [2.24, 2.45) is 0 Å². The Bertz CT molecular complexity index is 1160. The molecule has 5 rings (SSSR count). The maximum atomic E-state index is 12.7. The second-order valence-electron chi connectivity index (χ2n) is 10.3. The van der Waals surface area contributed by atoms with E-state index in [0.29, 0.717) is 44.6 Å². The van der Waals surface area contributed by atoms with Crippen molar-refractivity contribution in [2.45, 2.75) is 57.9 Å². The van der Waals surface area contributed by atoms with Gasteiger partial charge in [0.15, 0.2) is 0 Å². The number of carbonyl (C=O) groups excluding carboxylic acids is 1. The van der Waals surface area contributed by atoms with Crippen LogP contribution in [0.25, 0.3) is 11.1 Å². The molecule has 0 saturated carbocycles. The first-order chi connectivity index (χ1) is 17.4. The fourth-order valence-corrected chi connectivity index (χ4v) is 6.45. The Kier molecular flexibility index (Phi) is 6.79. The number of hydrogen-bond donors (Lipinski definition) is 1. The van der Waals surface area contributed by atoms with Crippen molar-refractivity contribution in [3.63, 3.8) is 0 Å². The third kappa shape index (κ3) is 4.18. The van der Waals surface area contributed by atoms with Gasteiger partial charge in [0.2, 0.25) is 5.91 Å². The topological polar surface area (TPSA) is 79.3 Å². The third-order valence-corrected chi connectivity index (χ3v) is 8.38. The van der Waals surface area contributed by atoms with Gasteiger partial charge in [-0.2, -0.15) is 0 Å². The smallest absolute Gasteiger partial charge is 0.336 e. The van der Waals surface area contributed by atoms with Crippen molar-refractivity contribution < 1.29 is 24.2 Å². The minimum Gasteiger partial charge on any atom is -0.478 e. The van der Waals surface area contributed by atoms with Crippen LogP contribution in [0.3, 0.4) is 0 Å². The van der Waals surface area contributed by atoms with Gasteiger partial charge in [0.05, 0.1) is 5.56 Å². The number of aromatic carboxylic acids is 1. The van der Waals surface area contributed by atoms with Gasteiger partial charge in [-0.3, -0.25) is 4.79 Å². The average molecular weight is 493 g/mol. The molecule has 7 nitrogen and oxygen atoms in total. The van der Waals surface area contributed by atoms with Crippen LogP contribution in [-0.4, -0.2) is 62.5 Å². The second-order valence-corrected chi connectivity index (χ2v) is 10.3. The van der Waals surface area contributed by atoms with Crippen LogP contribution in [0.15, 0.2) is 30.3 Å². The van der Waals surface area contributed by atoms with Gasteiger partial charge in [0.25, 0.3) is 0 Å². The summed E-state index contributed by atoms with van der Waals surface area (Å²) in [5, 5.41) is 9.89. The van der Waals surface area contributed by atoms with Crippen molar-refractivity contribution in [1.82, 2.24) is 0 Å². The first-order valence-electron chi connectivity index (χ1n) is 13.1. The molecule has 2 fully saturated rings. The van der Waals surface area contributed by atoms with Crippen LogP contribution in [0.2, 0.25) is 0 Å². The summed E-state index contributed by atoms with van der Waals surface area (Å²) in [4.78, 5) is 29.0. The predicted molar refractivity (Wildman–Crippen MR) is 140 cm³/mol. The molecule has 2 aromatic rings. The van der Waals surface area contributed by atoms with Crippen molar-refractivity contribution in [1.29, 1.82) is 0 Å². The fraction of sp³-hybridized carbons (Fsp3) is 0.517. The van der Waals surface area contributed by atoms with E-state index in [2.05, 4.69) is 30.0 Å². The van der Waals surface area contributed by atoms with E-state index in [-0.39, 0.29) is 11.3 Å². The van der Waals surface area contributed by atoms with Crippen LogP contribution < -0.4 is 9.80 Å². The van der Waals surface area contributed by atoms with Crippen molar-refractivity contribution in [2.75, 3.05) is 49.3 Å². The molecule has 1 spiro atoms. The van der Waals surface area contributed by atoms with Crippen molar-refractivity contribution in [3.8, 4) is 11.1 Å². The minimum absolute atomic E-state index is 0.0480. The maximum absolute atomic E-state index is 12.7. The number of anilines is 2. The summed E-state index contributed by atoms with van der Waals surface area (Å²) in [6.45, 7) is 9.99. The van der Waals surface area contributed by atoms with E-state index < -0.39 is 5.97 Å². The van der Waals surface area contributed by atoms with Crippen LogP contribution in [0.4, 0.5) is 11.4 Å². The molecule has 0 aromatic heterocycles. The van der Waals surface area contributed by atoms with Gasteiger partial charge in [-0.05, 0) is 68.4 Å². The Morgan fingerprint density at radius 3 is 2.42 bits per heavy atom. The van der Waals surface area contributed by atoms with Crippen LogP contribution in [-0.2, 0) is 19.7 Å². The molecule has 0 bridgehead atoms. The summed E-state index contributed by atoms with van der Waals surface area (Å²) in [6, 6.07) is 10.4. The number of fused-ring (bicyclic) bond motifs is 2. The summed E-state index contributed by atoms with van der Waals surface area (Å²) in [5.41, 5.74) is 6.22. The number of amides is 1. The Balaban J connectivity index is 1.65. The lowest BCUT2D eigenvalue weighted by atomic mass is 9.75. The molecule has 2 saturated heterocycles. The normalized spacial score (nSPS) is 19.4. The van der Waals surface area contributed by atoms with Crippen molar-refractivity contribution in [3.05, 3.63) is 47.0 Å². The van der Waals surface area contributed by atoms with E-state index in [9.17, 15) is 14.7 Å².